The summed E-state index contributed by atoms with van der Waals surface area (Å²) < 4.78 is 0. The number of carbonyl (C=O) groups is 1. The predicted octanol–water partition coefficient (Wildman–Crippen LogP) is 2.04. The van der Waals surface area contributed by atoms with E-state index in [1.807, 2.05) is 6.92 Å². The van der Waals surface area contributed by atoms with Crippen LogP contribution >= 0.6 is 12.2 Å². The normalized spacial score (nSPS) is 21.6. The fourth-order valence-corrected chi connectivity index (χ4v) is 3.56. The van der Waals surface area contributed by atoms with Gasteiger partial charge < -0.3 is 15.5 Å². The lowest BCUT2D eigenvalue weighted by atomic mass is 9.87. The van der Waals surface area contributed by atoms with Gasteiger partial charge in [0.05, 0.1) is 0 Å². The van der Waals surface area contributed by atoms with Crippen molar-refractivity contribution in [2.75, 3.05) is 19.6 Å². The van der Waals surface area contributed by atoms with Crippen molar-refractivity contribution in [3.05, 3.63) is 0 Å². The molecular weight excluding hydrogens is 270 g/mol. The maximum absolute atomic E-state index is 12.5. The fourth-order valence-electron chi connectivity index (χ4n) is 3.25. The summed E-state index contributed by atoms with van der Waals surface area (Å²) >= 11 is 5.21. The van der Waals surface area contributed by atoms with Crippen molar-refractivity contribution in [1.82, 2.24) is 15.5 Å². The predicted molar refractivity (Wildman–Crippen MR) is 85.6 cm³/mol. The van der Waals surface area contributed by atoms with E-state index < -0.39 is 0 Å². The van der Waals surface area contributed by atoms with Gasteiger partial charge in [0.2, 0.25) is 5.91 Å². The molecule has 0 aromatic heterocycles. The Kier molecular flexibility index (Phi) is 6.07. The van der Waals surface area contributed by atoms with Crippen molar-refractivity contribution < 1.29 is 4.79 Å². The quantitative estimate of drug-likeness (QED) is 0.783. The average Bonchev–Trinajstić information content (AvgIpc) is 2.48. The van der Waals surface area contributed by atoms with E-state index in [-0.39, 0.29) is 0 Å². The molecule has 0 radical (unpaired) electrons. The Hall–Kier alpha value is -0.840. The van der Waals surface area contributed by atoms with Gasteiger partial charge in [-0.3, -0.25) is 4.79 Å². The van der Waals surface area contributed by atoms with Crippen molar-refractivity contribution in [1.29, 1.82) is 0 Å². The molecule has 5 heteroatoms. The van der Waals surface area contributed by atoms with E-state index >= 15 is 0 Å². The van der Waals surface area contributed by atoms with Crippen LogP contribution in [0.15, 0.2) is 0 Å². The van der Waals surface area contributed by atoms with Gasteiger partial charge in [-0.15, -0.1) is 0 Å². The molecule has 1 aliphatic carbocycles. The first-order valence-corrected chi connectivity index (χ1v) is 8.44. The minimum atomic E-state index is 0.302. The lowest BCUT2D eigenvalue weighted by molar-refractivity contribution is -0.137. The van der Waals surface area contributed by atoms with Crippen molar-refractivity contribution in [3.63, 3.8) is 0 Å². The number of hydrogen-bond donors (Lipinski definition) is 2. The lowest BCUT2D eigenvalue weighted by Crippen LogP contribution is -2.50. The molecule has 1 saturated carbocycles. The summed E-state index contributed by atoms with van der Waals surface area (Å²) in [5, 5.41) is 7.20. The highest BCUT2D eigenvalue weighted by Gasteiger charge is 2.29. The zero-order valence-corrected chi connectivity index (χ0v) is 13.3. The minimum absolute atomic E-state index is 0.302. The van der Waals surface area contributed by atoms with Crippen LogP contribution in [0.4, 0.5) is 0 Å². The van der Waals surface area contributed by atoms with Gasteiger partial charge in [-0.25, -0.2) is 0 Å². The number of nitrogens with one attached hydrogen (secondary N) is 2. The van der Waals surface area contributed by atoms with Crippen LogP contribution in [0.5, 0.6) is 0 Å². The van der Waals surface area contributed by atoms with Crippen LogP contribution in [0.2, 0.25) is 0 Å². The first-order chi connectivity index (χ1) is 9.70. The zero-order valence-electron chi connectivity index (χ0n) is 12.5. The largest absolute Gasteiger partial charge is 0.363 e. The Bertz CT molecular complexity index is 334. The van der Waals surface area contributed by atoms with Crippen LogP contribution in [-0.2, 0) is 4.79 Å². The van der Waals surface area contributed by atoms with Gasteiger partial charge in [-0.1, -0.05) is 19.3 Å². The van der Waals surface area contributed by atoms with Gasteiger partial charge in [0.25, 0.3) is 0 Å². The summed E-state index contributed by atoms with van der Waals surface area (Å²) in [7, 11) is 0. The third-order valence-electron chi connectivity index (χ3n) is 4.43. The highest BCUT2D eigenvalue weighted by atomic mass is 32.1. The third-order valence-corrected chi connectivity index (χ3v) is 4.70. The van der Waals surface area contributed by atoms with Gasteiger partial charge in [0.15, 0.2) is 5.11 Å². The average molecular weight is 297 g/mol. The molecule has 20 heavy (non-hydrogen) atoms. The van der Waals surface area contributed by atoms with Crippen molar-refractivity contribution in [2.24, 2.45) is 5.92 Å². The van der Waals surface area contributed by atoms with Crippen LogP contribution < -0.4 is 10.6 Å². The topological polar surface area (TPSA) is 44.4 Å². The number of rotatable bonds is 3. The Morgan fingerprint density at radius 3 is 2.40 bits per heavy atom. The second-order valence-corrected chi connectivity index (χ2v) is 6.35. The maximum Gasteiger partial charge on any atom is 0.225 e. The molecule has 114 valence electrons. The zero-order chi connectivity index (χ0) is 14.4. The molecule has 2 fully saturated rings. The Labute approximate surface area is 127 Å². The Morgan fingerprint density at radius 1 is 1.15 bits per heavy atom. The van der Waals surface area contributed by atoms with E-state index in [2.05, 4.69) is 15.5 Å². The van der Waals surface area contributed by atoms with Crippen molar-refractivity contribution in [2.45, 2.75) is 57.9 Å². The molecule has 1 aliphatic heterocycles. The second-order valence-electron chi connectivity index (χ2n) is 5.94. The molecule has 0 aromatic carbocycles. The van der Waals surface area contributed by atoms with Crippen LogP contribution in [0.25, 0.3) is 0 Å². The van der Waals surface area contributed by atoms with Gasteiger partial charge in [-0.2, -0.15) is 0 Å². The number of piperidine rings is 1. The molecule has 2 N–H and O–H groups in total. The number of hydrogen-bond acceptors (Lipinski definition) is 2. The molecule has 0 aromatic rings. The monoisotopic (exact) mass is 297 g/mol. The Morgan fingerprint density at radius 2 is 1.80 bits per heavy atom. The molecule has 1 saturated heterocycles. The summed E-state index contributed by atoms with van der Waals surface area (Å²) in [6.07, 6.45) is 7.96. The van der Waals surface area contributed by atoms with Crippen LogP contribution in [0, 0.1) is 5.92 Å². The molecule has 2 aliphatic rings. The Balaban J connectivity index is 1.73. The van der Waals surface area contributed by atoms with Crippen LogP contribution in [0.3, 0.4) is 0 Å². The molecule has 4 nitrogen and oxygen atoms in total. The van der Waals surface area contributed by atoms with Gasteiger partial charge >= 0.3 is 0 Å². The number of carbonyl (C=O) groups excluding carboxylic acids is 1. The highest BCUT2D eigenvalue weighted by Crippen LogP contribution is 2.26. The molecule has 0 bridgehead atoms. The summed E-state index contributed by atoms with van der Waals surface area (Å²) in [5.74, 6) is 0.702. The summed E-state index contributed by atoms with van der Waals surface area (Å²) in [6, 6.07) is 0.414. The van der Waals surface area contributed by atoms with Gasteiger partial charge in [0.1, 0.15) is 0 Å². The van der Waals surface area contributed by atoms with E-state index in [1.165, 1.54) is 19.3 Å². The van der Waals surface area contributed by atoms with E-state index in [0.29, 0.717) is 17.9 Å². The fraction of sp³-hybridized carbons (Fsp3) is 0.867. The maximum atomic E-state index is 12.5. The van der Waals surface area contributed by atoms with E-state index in [1.54, 1.807) is 0 Å². The molecule has 0 unspecified atom stereocenters. The molecule has 2 rings (SSSR count). The summed E-state index contributed by atoms with van der Waals surface area (Å²) in [4.78, 5) is 14.5. The number of likely N-dealkylation sites (tertiary alicyclic amines) is 1. The van der Waals surface area contributed by atoms with Crippen molar-refractivity contribution >= 4 is 23.2 Å². The molecule has 0 spiro atoms. The summed E-state index contributed by atoms with van der Waals surface area (Å²) in [6.45, 7) is 4.65. The highest BCUT2D eigenvalue weighted by molar-refractivity contribution is 7.80. The molecular formula is C15H27N3OS. The molecule has 1 heterocycles. The smallest absolute Gasteiger partial charge is 0.225 e. The van der Waals surface area contributed by atoms with Crippen LogP contribution in [0.1, 0.15) is 51.9 Å². The standard InChI is InChI=1S/C15H27N3OS/c1-2-16-15(20)17-13-8-10-18(11-9-13)14(19)12-6-4-3-5-7-12/h12-13H,2-11H2,1H3,(H2,16,17,20). The number of amides is 1. The first-order valence-electron chi connectivity index (χ1n) is 8.04. The SMILES string of the molecule is CCNC(=S)NC1CCN(C(=O)C2CCCCC2)CC1. The second kappa shape index (κ2) is 7.81. The molecule has 1 amide bonds. The van der Waals surface area contributed by atoms with E-state index in [9.17, 15) is 4.79 Å². The third kappa shape index (κ3) is 4.33. The van der Waals surface area contributed by atoms with E-state index in [0.717, 1.165) is 50.4 Å². The first kappa shape index (κ1) is 15.5. The molecule has 0 atom stereocenters. The number of nitrogens with zero attached hydrogens (tertiary/aromatic N) is 1. The number of thiocarbonyl (C=S) groups is 1. The minimum Gasteiger partial charge on any atom is -0.363 e. The van der Waals surface area contributed by atoms with Gasteiger partial charge in [0, 0.05) is 31.6 Å². The lowest BCUT2D eigenvalue weighted by Gasteiger charge is -2.35. The van der Waals surface area contributed by atoms with Gasteiger partial charge in [-0.05, 0) is 44.8 Å². The van der Waals surface area contributed by atoms with E-state index in [4.69, 9.17) is 12.2 Å². The van der Waals surface area contributed by atoms with Crippen LogP contribution in [-0.4, -0.2) is 41.6 Å². The summed E-state index contributed by atoms with van der Waals surface area (Å²) in [5.41, 5.74) is 0. The van der Waals surface area contributed by atoms with Crippen molar-refractivity contribution in [3.8, 4) is 0 Å².